The second kappa shape index (κ2) is 11.3. The number of nitrogens with one attached hydrogen (secondary N) is 1. The van der Waals surface area contributed by atoms with E-state index >= 15 is 0 Å². The molecule has 0 spiro atoms. The third-order valence-corrected chi connectivity index (χ3v) is 6.11. The van der Waals surface area contributed by atoms with Crippen molar-refractivity contribution < 1.29 is 14.3 Å². The predicted octanol–water partition coefficient (Wildman–Crippen LogP) is 5.85. The smallest absolute Gasteiger partial charge is 0.285 e. The highest BCUT2D eigenvalue weighted by atomic mass is 35.5. The minimum absolute atomic E-state index is 0.269. The molecule has 0 bridgehead atoms. The summed E-state index contributed by atoms with van der Waals surface area (Å²) >= 11 is 12.3. The van der Waals surface area contributed by atoms with Crippen LogP contribution in [0.15, 0.2) is 53.4 Å². The van der Waals surface area contributed by atoms with Gasteiger partial charge in [-0.05, 0) is 66.7 Å². The first-order valence-corrected chi connectivity index (χ1v) is 11.7. The van der Waals surface area contributed by atoms with E-state index in [-0.39, 0.29) is 10.2 Å². The molecule has 1 heterocycles. The van der Waals surface area contributed by atoms with Crippen LogP contribution in [0.1, 0.15) is 48.5 Å². The average Bonchev–Trinajstić information content (AvgIpc) is 3.02. The molecule has 162 valence electrons. The third-order valence-electron chi connectivity index (χ3n) is 4.56. The third kappa shape index (κ3) is 6.56. The Bertz CT molecular complexity index is 975. The quantitative estimate of drug-likeness (QED) is 0.281. The number of amides is 2. The van der Waals surface area contributed by atoms with Gasteiger partial charge in [-0.1, -0.05) is 61.7 Å². The van der Waals surface area contributed by atoms with E-state index in [1.807, 2.05) is 24.3 Å². The number of rotatable bonds is 9. The van der Waals surface area contributed by atoms with Gasteiger partial charge in [-0.25, -0.2) is 0 Å². The molecule has 0 aromatic heterocycles. The number of unbranched alkanes of at least 4 members (excludes halogenated alkanes) is 3. The number of hydrogen-bond acceptors (Lipinski definition) is 5. The van der Waals surface area contributed by atoms with Crippen molar-refractivity contribution in [3.05, 3.63) is 69.6 Å². The van der Waals surface area contributed by atoms with Crippen LogP contribution in [-0.4, -0.2) is 27.8 Å². The van der Waals surface area contributed by atoms with Crippen LogP contribution in [0.4, 0.5) is 0 Å². The molecule has 1 fully saturated rings. The van der Waals surface area contributed by atoms with Gasteiger partial charge >= 0.3 is 0 Å². The van der Waals surface area contributed by atoms with Gasteiger partial charge in [0.25, 0.3) is 11.8 Å². The monoisotopic (exact) mass is 474 g/mol. The van der Waals surface area contributed by atoms with Gasteiger partial charge < -0.3 is 4.74 Å². The van der Waals surface area contributed by atoms with E-state index in [9.17, 15) is 9.59 Å². The highest BCUT2D eigenvalue weighted by molar-refractivity contribution is 8.26. The van der Waals surface area contributed by atoms with Gasteiger partial charge in [0, 0.05) is 10.6 Å². The Balaban J connectivity index is 1.59. The van der Waals surface area contributed by atoms with Gasteiger partial charge in [0.15, 0.2) is 4.32 Å². The summed E-state index contributed by atoms with van der Waals surface area (Å²) in [5.74, 6) is -0.000329. The van der Waals surface area contributed by atoms with Crippen LogP contribution in [0.2, 0.25) is 5.02 Å². The minimum atomic E-state index is -0.436. The Labute approximate surface area is 196 Å². The largest absolute Gasteiger partial charge is 0.494 e. The zero-order chi connectivity index (χ0) is 22.2. The lowest BCUT2D eigenvalue weighted by atomic mass is 10.2. The lowest BCUT2D eigenvalue weighted by Crippen LogP contribution is -2.44. The molecule has 5 nitrogen and oxygen atoms in total. The zero-order valence-electron chi connectivity index (χ0n) is 17.1. The average molecular weight is 475 g/mol. The molecule has 2 amide bonds. The summed E-state index contributed by atoms with van der Waals surface area (Å²) in [5.41, 5.74) is 3.79. The van der Waals surface area contributed by atoms with Crippen molar-refractivity contribution in [2.24, 2.45) is 0 Å². The second-order valence-electron chi connectivity index (χ2n) is 6.94. The first kappa shape index (κ1) is 23.3. The molecule has 1 N–H and O–H groups in total. The lowest BCUT2D eigenvalue weighted by molar-refractivity contribution is -0.123. The molecule has 0 radical (unpaired) electrons. The number of carbonyl (C=O) groups excluding carboxylic acids is 2. The van der Waals surface area contributed by atoms with Crippen LogP contribution >= 0.6 is 35.6 Å². The molecule has 31 heavy (non-hydrogen) atoms. The molecule has 3 rings (SSSR count). The number of thiocarbonyl (C=S) groups is 1. The highest BCUT2D eigenvalue weighted by Gasteiger charge is 2.33. The van der Waals surface area contributed by atoms with E-state index in [0.29, 0.717) is 22.1 Å². The molecule has 1 aliphatic rings. The Morgan fingerprint density at radius 2 is 1.84 bits per heavy atom. The normalized spacial score (nSPS) is 14.9. The van der Waals surface area contributed by atoms with Crippen molar-refractivity contribution in [2.45, 2.75) is 32.6 Å². The number of hydrazine groups is 1. The van der Waals surface area contributed by atoms with Gasteiger partial charge in [0.2, 0.25) is 0 Å². The first-order chi connectivity index (χ1) is 15.0. The van der Waals surface area contributed by atoms with Crippen molar-refractivity contribution in [1.82, 2.24) is 10.4 Å². The maximum atomic E-state index is 12.7. The van der Waals surface area contributed by atoms with Crippen molar-refractivity contribution >= 4 is 57.8 Å². The van der Waals surface area contributed by atoms with Gasteiger partial charge in [0.1, 0.15) is 5.75 Å². The van der Waals surface area contributed by atoms with Gasteiger partial charge in [0.05, 0.1) is 11.5 Å². The van der Waals surface area contributed by atoms with Crippen LogP contribution in [0.25, 0.3) is 6.08 Å². The van der Waals surface area contributed by atoms with E-state index in [1.165, 1.54) is 19.3 Å². The fraction of sp³-hybridized carbons (Fsp3) is 0.261. The highest BCUT2D eigenvalue weighted by Crippen LogP contribution is 2.31. The summed E-state index contributed by atoms with van der Waals surface area (Å²) in [4.78, 5) is 25.6. The molecule has 0 aliphatic carbocycles. The SMILES string of the molecule is CCCCCCOc1ccc(/C=C2\SC(=S)N(NC(=O)c3ccc(Cl)cc3)C2=O)cc1. The molecule has 0 atom stereocenters. The summed E-state index contributed by atoms with van der Waals surface area (Å²) in [6.45, 7) is 2.88. The van der Waals surface area contributed by atoms with Gasteiger partial charge in [-0.3, -0.25) is 15.0 Å². The molecular formula is C23H23ClN2O3S2. The summed E-state index contributed by atoms with van der Waals surface area (Å²) in [7, 11) is 0. The fourth-order valence-corrected chi connectivity index (χ4v) is 4.17. The Morgan fingerprint density at radius 1 is 1.13 bits per heavy atom. The summed E-state index contributed by atoms with van der Waals surface area (Å²) in [5, 5.41) is 1.62. The molecule has 0 unspecified atom stereocenters. The molecule has 8 heteroatoms. The van der Waals surface area contributed by atoms with Crippen molar-refractivity contribution in [1.29, 1.82) is 0 Å². The molecule has 0 saturated carbocycles. The van der Waals surface area contributed by atoms with Crippen LogP contribution in [-0.2, 0) is 4.79 Å². The Morgan fingerprint density at radius 3 is 2.52 bits per heavy atom. The van der Waals surface area contributed by atoms with Gasteiger partial charge in [-0.15, -0.1) is 0 Å². The number of nitrogens with zero attached hydrogens (tertiary/aromatic N) is 1. The van der Waals surface area contributed by atoms with Crippen molar-refractivity contribution in [3.8, 4) is 5.75 Å². The van der Waals surface area contributed by atoms with E-state index in [0.717, 1.165) is 34.5 Å². The number of thioether (sulfide) groups is 1. The summed E-state index contributed by atoms with van der Waals surface area (Å²) in [6.07, 6.45) is 6.38. The summed E-state index contributed by atoms with van der Waals surface area (Å²) in [6, 6.07) is 13.9. The van der Waals surface area contributed by atoms with E-state index in [1.54, 1.807) is 30.3 Å². The van der Waals surface area contributed by atoms with Crippen molar-refractivity contribution in [2.75, 3.05) is 6.61 Å². The van der Waals surface area contributed by atoms with Crippen LogP contribution in [0, 0.1) is 0 Å². The van der Waals surface area contributed by atoms with E-state index < -0.39 is 5.91 Å². The second-order valence-corrected chi connectivity index (χ2v) is 9.06. The molecule has 1 saturated heterocycles. The fourth-order valence-electron chi connectivity index (χ4n) is 2.86. The molecule has 1 aliphatic heterocycles. The Kier molecular flexibility index (Phi) is 8.51. The van der Waals surface area contributed by atoms with Crippen LogP contribution < -0.4 is 10.2 Å². The number of hydrogen-bond donors (Lipinski definition) is 1. The Hall–Kier alpha value is -2.35. The maximum absolute atomic E-state index is 12.7. The minimum Gasteiger partial charge on any atom is -0.494 e. The number of benzene rings is 2. The molecular weight excluding hydrogens is 452 g/mol. The number of carbonyl (C=O) groups is 2. The van der Waals surface area contributed by atoms with Crippen LogP contribution in [0.5, 0.6) is 5.75 Å². The maximum Gasteiger partial charge on any atom is 0.285 e. The van der Waals surface area contributed by atoms with Gasteiger partial charge in [-0.2, -0.15) is 5.01 Å². The lowest BCUT2D eigenvalue weighted by Gasteiger charge is -2.15. The standard InChI is InChI=1S/C23H23ClN2O3S2/c1-2-3-4-5-14-29-19-12-6-16(7-13-19)15-20-22(28)26(23(30)31-20)25-21(27)17-8-10-18(24)11-9-17/h6-13,15H,2-5,14H2,1H3,(H,25,27)/b20-15-. The molecule has 2 aromatic rings. The zero-order valence-corrected chi connectivity index (χ0v) is 19.5. The van der Waals surface area contributed by atoms with Crippen molar-refractivity contribution in [3.63, 3.8) is 0 Å². The number of halogens is 1. The molecule has 2 aromatic carbocycles. The van der Waals surface area contributed by atoms with E-state index in [2.05, 4.69) is 12.3 Å². The number of ether oxygens (including phenoxy) is 1. The first-order valence-electron chi connectivity index (χ1n) is 10.1. The van der Waals surface area contributed by atoms with E-state index in [4.69, 9.17) is 28.6 Å². The predicted molar refractivity (Wildman–Crippen MR) is 130 cm³/mol. The van der Waals surface area contributed by atoms with Crippen LogP contribution in [0.3, 0.4) is 0 Å². The summed E-state index contributed by atoms with van der Waals surface area (Å²) < 4.78 is 6.02. The topological polar surface area (TPSA) is 58.6 Å².